The van der Waals surface area contributed by atoms with Gasteiger partial charge in [-0.25, -0.2) is 0 Å². The molecule has 0 saturated heterocycles. The summed E-state index contributed by atoms with van der Waals surface area (Å²) in [5, 5.41) is 7.18. The molecule has 3 rings (SSSR count). The monoisotopic (exact) mass is 455 g/mol. The zero-order chi connectivity index (χ0) is 23.3. The number of carbonyl (C=O) groups is 1. The number of amides is 1. The number of hydrogen-bond donors (Lipinski definition) is 1. The van der Waals surface area contributed by atoms with E-state index in [1.807, 2.05) is 49.6 Å². The van der Waals surface area contributed by atoms with Gasteiger partial charge in [-0.1, -0.05) is 0 Å². The van der Waals surface area contributed by atoms with Crippen molar-refractivity contribution in [3.05, 3.63) is 52.1 Å². The Hall–Kier alpha value is -3.20. The van der Waals surface area contributed by atoms with Crippen LogP contribution >= 0.6 is 12.2 Å². The summed E-state index contributed by atoms with van der Waals surface area (Å²) in [6.07, 6.45) is 2.06. The Kier molecular flexibility index (Phi) is 7.63. The Morgan fingerprint density at radius 3 is 2.62 bits per heavy atom. The molecule has 0 atom stereocenters. The molecule has 0 radical (unpaired) electrons. The van der Waals surface area contributed by atoms with Crippen LogP contribution in [0.2, 0.25) is 0 Å². The molecule has 0 saturated carbocycles. The lowest BCUT2D eigenvalue weighted by Gasteiger charge is -2.20. The number of ether oxygens (including phenoxy) is 2. The second kappa shape index (κ2) is 10.4. The van der Waals surface area contributed by atoms with Crippen LogP contribution in [-0.4, -0.2) is 51.3 Å². The number of methoxy groups -OCH3 is 1. The van der Waals surface area contributed by atoms with E-state index in [0.717, 1.165) is 33.9 Å². The normalized spacial score (nSPS) is 10.8. The highest BCUT2D eigenvalue weighted by Crippen LogP contribution is 2.25. The fourth-order valence-electron chi connectivity index (χ4n) is 3.55. The van der Waals surface area contributed by atoms with E-state index in [4.69, 9.17) is 21.7 Å². The Labute approximate surface area is 193 Å². The summed E-state index contributed by atoms with van der Waals surface area (Å²) in [4.78, 5) is 19.0. The summed E-state index contributed by atoms with van der Waals surface area (Å²) in [5.74, 6) is 2.28. The van der Waals surface area contributed by atoms with Gasteiger partial charge in [0.1, 0.15) is 11.5 Å². The highest BCUT2D eigenvalue weighted by Gasteiger charge is 2.16. The molecular weight excluding hydrogens is 426 g/mol. The summed E-state index contributed by atoms with van der Waals surface area (Å²) in [5.41, 5.74) is 3.63. The number of H-pyrrole nitrogens is 1. The van der Waals surface area contributed by atoms with Gasteiger partial charge in [0, 0.05) is 42.9 Å². The van der Waals surface area contributed by atoms with Crippen LogP contribution < -0.4 is 9.47 Å². The molecule has 0 bridgehead atoms. The number of pyridine rings is 1. The molecule has 32 heavy (non-hydrogen) atoms. The van der Waals surface area contributed by atoms with Gasteiger partial charge >= 0.3 is 0 Å². The molecule has 1 N–H and O–H groups in total. The van der Waals surface area contributed by atoms with Crippen molar-refractivity contribution >= 4 is 18.1 Å². The molecule has 170 valence electrons. The zero-order valence-corrected chi connectivity index (χ0v) is 20.0. The first kappa shape index (κ1) is 23.5. The quantitative estimate of drug-likeness (QED) is 0.490. The highest BCUT2D eigenvalue weighted by atomic mass is 32.1. The Morgan fingerprint density at radius 1 is 1.25 bits per heavy atom. The van der Waals surface area contributed by atoms with Gasteiger partial charge in [-0.2, -0.15) is 5.10 Å². The third kappa shape index (κ3) is 5.16. The first-order chi connectivity index (χ1) is 15.3. The molecule has 2 heterocycles. The summed E-state index contributed by atoms with van der Waals surface area (Å²) in [7, 11) is 3.42. The summed E-state index contributed by atoms with van der Waals surface area (Å²) >= 11 is 5.39. The van der Waals surface area contributed by atoms with E-state index in [-0.39, 0.29) is 12.3 Å². The molecule has 3 aromatic rings. The molecule has 0 aliphatic rings. The number of hydrogen-bond acceptors (Lipinski definition) is 6. The van der Waals surface area contributed by atoms with Gasteiger partial charge in [0.25, 0.3) is 0 Å². The van der Waals surface area contributed by atoms with Gasteiger partial charge in [0.2, 0.25) is 5.91 Å². The number of nitrogens with one attached hydrogen (secondary N) is 1. The minimum absolute atomic E-state index is 0.00788. The fourth-order valence-corrected chi connectivity index (χ4v) is 3.78. The van der Waals surface area contributed by atoms with E-state index in [1.165, 1.54) is 0 Å². The van der Waals surface area contributed by atoms with Crippen molar-refractivity contribution < 1.29 is 14.3 Å². The molecule has 0 spiro atoms. The van der Waals surface area contributed by atoms with Crippen LogP contribution in [0.15, 0.2) is 30.5 Å². The number of aromatic nitrogens is 4. The third-order valence-electron chi connectivity index (χ3n) is 5.29. The van der Waals surface area contributed by atoms with Crippen LogP contribution in [0.1, 0.15) is 30.2 Å². The van der Waals surface area contributed by atoms with Crippen molar-refractivity contribution in [2.24, 2.45) is 0 Å². The zero-order valence-electron chi connectivity index (χ0n) is 19.1. The van der Waals surface area contributed by atoms with Crippen LogP contribution in [0, 0.1) is 18.6 Å². The Balaban J connectivity index is 1.69. The van der Waals surface area contributed by atoms with Crippen molar-refractivity contribution in [1.29, 1.82) is 0 Å². The van der Waals surface area contributed by atoms with E-state index in [9.17, 15) is 4.79 Å². The van der Waals surface area contributed by atoms with Crippen molar-refractivity contribution in [3.63, 3.8) is 0 Å². The minimum Gasteiger partial charge on any atom is -0.496 e. The topological polar surface area (TPSA) is 85.3 Å². The van der Waals surface area contributed by atoms with E-state index in [2.05, 4.69) is 15.2 Å². The van der Waals surface area contributed by atoms with Crippen LogP contribution in [-0.2, 0) is 17.9 Å². The molecule has 0 aliphatic carbocycles. The predicted octanol–water partition coefficient (Wildman–Crippen LogP) is 4.08. The molecule has 1 amide bonds. The number of aromatic amines is 1. The lowest BCUT2D eigenvalue weighted by molar-refractivity contribution is -0.130. The molecule has 9 heteroatoms. The summed E-state index contributed by atoms with van der Waals surface area (Å²) in [6, 6.07) is 7.65. The van der Waals surface area contributed by atoms with E-state index in [0.29, 0.717) is 30.3 Å². The first-order valence-electron chi connectivity index (χ1n) is 10.5. The number of aryl methyl sites for hydroxylation is 1. The highest BCUT2D eigenvalue weighted by molar-refractivity contribution is 7.71. The van der Waals surface area contributed by atoms with E-state index >= 15 is 0 Å². The number of nitrogens with zero attached hydrogens (tertiary/aromatic N) is 4. The molecule has 1 aromatic carbocycles. The van der Waals surface area contributed by atoms with Gasteiger partial charge in [0.15, 0.2) is 10.6 Å². The van der Waals surface area contributed by atoms with Crippen LogP contribution in [0.5, 0.6) is 11.5 Å². The largest absolute Gasteiger partial charge is 0.496 e. The van der Waals surface area contributed by atoms with Crippen LogP contribution in [0.25, 0.3) is 11.4 Å². The van der Waals surface area contributed by atoms with Crippen LogP contribution in [0.3, 0.4) is 0 Å². The number of rotatable bonds is 9. The average molecular weight is 456 g/mol. The van der Waals surface area contributed by atoms with Gasteiger partial charge in [-0.3, -0.25) is 19.4 Å². The van der Waals surface area contributed by atoms with Crippen molar-refractivity contribution in [2.75, 3.05) is 20.8 Å². The lowest BCUT2D eigenvalue weighted by Crippen LogP contribution is -2.28. The maximum absolute atomic E-state index is 12.8. The fraction of sp³-hybridized carbons (Fsp3) is 0.391. The van der Waals surface area contributed by atoms with Gasteiger partial charge in [-0.05, 0) is 57.3 Å². The Bertz CT molecular complexity index is 1140. The van der Waals surface area contributed by atoms with Crippen molar-refractivity contribution in [1.82, 2.24) is 24.6 Å². The summed E-state index contributed by atoms with van der Waals surface area (Å²) < 4.78 is 13.3. The molecular formula is C23H29N5O3S. The molecule has 8 nitrogen and oxygen atoms in total. The second-order valence-electron chi connectivity index (χ2n) is 7.51. The number of carbonyl (C=O) groups excluding carboxylic acids is 1. The first-order valence-corrected chi connectivity index (χ1v) is 10.9. The van der Waals surface area contributed by atoms with Gasteiger partial charge < -0.3 is 14.4 Å². The van der Waals surface area contributed by atoms with E-state index < -0.39 is 0 Å². The maximum Gasteiger partial charge on any atom is 0.224 e. The molecule has 0 aliphatic heterocycles. The van der Waals surface area contributed by atoms with Crippen molar-refractivity contribution in [3.8, 4) is 22.9 Å². The minimum atomic E-state index is -0.00788. The number of benzene rings is 1. The van der Waals surface area contributed by atoms with Gasteiger partial charge in [-0.15, -0.1) is 0 Å². The Morgan fingerprint density at radius 2 is 1.97 bits per heavy atom. The van der Waals surface area contributed by atoms with E-state index in [1.54, 1.807) is 25.3 Å². The SMILES string of the molecule is CCOc1ccc(-c2n[nH]c(=S)n2CCC(=O)N(C)Cc2ncc(C)c(OC)c2C)cc1. The molecule has 0 unspecified atom stereocenters. The molecule has 2 aromatic heterocycles. The average Bonchev–Trinajstić information content (AvgIpc) is 3.15. The second-order valence-corrected chi connectivity index (χ2v) is 7.89. The van der Waals surface area contributed by atoms with Crippen molar-refractivity contribution in [2.45, 2.75) is 40.3 Å². The summed E-state index contributed by atoms with van der Waals surface area (Å²) in [6.45, 7) is 7.29. The lowest BCUT2D eigenvalue weighted by atomic mass is 10.1. The van der Waals surface area contributed by atoms with Gasteiger partial charge in [0.05, 0.1) is 26.0 Å². The molecule has 0 fully saturated rings. The smallest absolute Gasteiger partial charge is 0.224 e. The maximum atomic E-state index is 12.8. The standard InChI is InChI=1S/C23H29N5O3S/c1-6-31-18-9-7-17(8-10-18)22-25-26-23(32)28(22)12-11-20(29)27(4)14-19-16(3)21(30-5)15(2)13-24-19/h7-10,13H,6,11-12,14H2,1-5H3,(H,26,32). The predicted molar refractivity (Wildman–Crippen MR) is 125 cm³/mol. The third-order valence-corrected chi connectivity index (χ3v) is 5.61. The van der Waals surface area contributed by atoms with Crippen LogP contribution in [0.4, 0.5) is 0 Å².